The first-order valence-electron chi connectivity index (χ1n) is 3.47. The smallest absolute Gasteiger partial charge is 0.187 e. The molecule has 5 nitrogen and oxygen atoms in total. The minimum atomic E-state index is -1.59. The summed E-state index contributed by atoms with van der Waals surface area (Å²) >= 11 is 0. The van der Waals surface area contributed by atoms with Crippen LogP contribution >= 0.6 is 0 Å². The Kier molecular flexibility index (Phi) is 2.58. The lowest BCUT2D eigenvalue weighted by molar-refractivity contribution is -0.134. The van der Waals surface area contributed by atoms with E-state index in [0.717, 1.165) is 6.08 Å². The molecule has 1 rings (SSSR count). The lowest BCUT2D eigenvalue weighted by atomic mass is 9.91. The highest BCUT2D eigenvalue weighted by atomic mass is 16.4. The number of carbonyl (C=O) groups excluding carboxylic acids is 1. The SMILES string of the molecule is O=C1C=C(CO)C(O)C(O)C1O. The first kappa shape index (κ1) is 9.34. The molecule has 0 heterocycles. The third kappa shape index (κ3) is 1.39. The normalized spacial score (nSPS) is 36.5. The molecule has 0 aromatic heterocycles. The second kappa shape index (κ2) is 3.32. The third-order valence-electron chi connectivity index (χ3n) is 1.83. The predicted octanol–water partition coefficient (Wildman–Crippen LogP) is -2.43. The molecule has 3 unspecified atom stereocenters. The van der Waals surface area contributed by atoms with Crippen LogP contribution in [0.25, 0.3) is 0 Å². The van der Waals surface area contributed by atoms with Crippen LogP contribution in [0.4, 0.5) is 0 Å². The summed E-state index contributed by atoms with van der Waals surface area (Å²) in [7, 11) is 0. The molecule has 0 amide bonds. The molecule has 0 spiro atoms. The summed E-state index contributed by atoms with van der Waals surface area (Å²) < 4.78 is 0. The van der Waals surface area contributed by atoms with Crippen LogP contribution in [0.3, 0.4) is 0 Å². The molecular weight excluding hydrogens is 164 g/mol. The summed E-state index contributed by atoms with van der Waals surface area (Å²) in [6, 6.07) is 0. The molecule has 0 aromatic carbocycles. The van der Waals surface area contributed by atoms with Crippen LogP contribution in [0.2, 0.25) is 0 Å². The fourth-order valence-corrected chi connectivity index (χ4v) is 1.05. The third-order valence-corrected chi connectivity index (χ3v) is 1.83. The topological polar surface area (TPSA) is 98.0 Å². The van der Waals surface area contributed by atoms with Crippen LogP contribution in [0, 0.1) is 0 Å². The van der Waals surface area contributed by atoms with Gasteiger partial charge >= 0.3 is 0 Å². The Labute approximate surface area is 68.6 Å². The predicted molar refractivity (Wildman–Crippen MR) is 38.2 cm³/mol. The quantitative estimate of drug-likeness (QED) is 0.354. The number of hydrogen-bond acceptors (Lipinski definition) is 5. The maximum absolute atomic E-state index is 10.8. The molecule has 0 aromatic rings. The maximum Gasteiger partial charge on any atom is 0.187 e. The van der Waals surface area contributed by atoms with Gasteiger partial charge < -0.3 is 20.4 Å². The zero-order valence-electron chi connectivity index (χ0n) is 6.21. The van der Waals surface area contributed by atoms with E-state index in [2.05, 4.69) is 0 Å². The van der Waals surface area contributed by atoms with Crippen LogP contribution in [0.5, 0.6) is 0 Å². The second-order valence-corrected chi connectivity index (χ2v) is 2.66. The average Bonchev–Trinajstić information content (AvgIpc) is 2.08. The summed E-state index contributed by atoms with van der Waals surface area (Å²) in [4.78, 5) is 10.8. The number of carbonyl (C=O) groups is 1. The van der Waals surface area contributed by atoms with Crippen LogP contribution in [0.15, 0.2) is 11.6 Å². The van der Waals surface area contributed by atoms with Crippen LogP contribution in [-0.2, 0) is 4.79 Å². The molecule has 0 bridgehead atoms. The van der Waals surface area contributed by atoms with Crippen molar-refractivity contribution in [2.75, 3.05) is 6.61 Å². The van der Waals surface area contributed by atoms with Gasteiger partial charge in [0.25, 0.3) is 0 Å². The molecule has 0 radical (unpaired) electrons. The minimum absolute atomic E-state index is 0.0257. The molecule has 0 aliphatic heterocycles. The van der Waals surface area contributed by atoms with Crippen molar-refractivity contribution in [1.82, 2.24) is 0 Å². The van der Waals surface area contributed by atoms with Crippen molar-refractivity contribution in [3.8, 4) is 0 Å². The van der Waals surface area contributed by atoms with Gasteiger partial charge in [0.05, 0.1) is 6.61 Å². The van der Waals surface area contributed by atoms with E-state index >= 15 is 0 Å². The van der Waals surface area contributed by atoms with E-state index in [4.69, 9.17) is 20.4 Å². The van der Waals surface area contributed by atoms with Crippen LogP contribution in [-0.4, -0.2) is 51.1 Å². The van der Waals surface area contributed by atoms with Crippen molar-refractivity contribution in [3.63, 3.8) is 0 Å². The van der Waals surface area contributed by atoms with Crippen molar-refractivity contribution in [1.29, 1.82) is 0 Å². The Hall–Kier alpha value is -0.750. The van der Waals surface area contributed by atoms with Crippen molar-refractivity contribution in [2.24, 2.45) is 0 Å². The molecule has 3 atom stereocenters. The number of aliphatic hydroxyl groups excluding tert-OH is 4. The zero-order chi connectivity index (χ0) is 9.30. The molecule has 0 fully saturated rings. The highest BCUT2D eigenvalue weighted by molar-refractivity contribution is 5.95. The molecule has 5 heteroatoms. The summed E-state index contributed by atoms with van der Waals surface area (Å²) in [5.41, 5.74) is 0.0257. The van der Waals surface area contributed by atoms with Gasteiger partial charge in [-0.25, -0.2) is 0 Å². The van der Waals surface area contributed by atoms with E-state index in [-0.39, 0.29) is 5.57 Å². The lowest BCUT2D eigenvalue weighted by Gasteiger charge is -2.26. The van der Waals surface area contributed by atoms with Crippen molar-refractivity contribution >= 4 is 5.78 Å². The van der Waals surface area contributed by atoms with Gasteiger partial charge in [0.2, 0.25) is 0 Å². The number of rotatable bonds is 1. The molecule has 0 saturated heterocycles. The van der Waals surface area contributed by atoms with E-state index in [0.29, 0.717) is 0 Å². The monoisotopic (exact) mass is 174 g/mol. The highest BCUT2D eigenvalue weighted by Gasteiger charge is 2.35. The summed E-state index contributed by atoms with van der Waals surface area (Å²) in [6.07, 6.45) is -3.54. The average molecular weight is 174 g/mol. The molecular formula is C7H10O5. The Morgan fingerprint density at radius 1 is 1.25 bits per heavy atom. The van der Waals surface area contributed by atoms with Crippen molar-refractivity contribution in [3.05, 3.63) is 11.6 Å². The fourth-order valence-electron chi connectivity index (χ4n) is 1.05. The Morgan fingerprint density at radius 2 is 1.83 bits per heavy atom. The van der Waals surface area contributed by atoms with Crippen molar-refractivity contribution in [2.45, 2.75) is 18.3 Å². The number of ketones is 1. The first-order valence-corrected chi connectivity index (χ1v) is 3.47. The molecule has 68 valence electrons. The van der Waals surface area contributed by atoms with E-state index in [1.807, 2.05) is 0 Å². The molecule has 0 saturated carbocycles. The lowest BCUT2D eigenvalue weighted by Crippen LogP contribution is -2.46. The van der Waals surface area contributed by atoms with E-state index in [9.17, 15) is 4.79 Å². The number of hydrogen-bond donors (Lipinski definition) is 4. The molecule has 4 N–H and O–H groups in total. The van der Waals surface area contributed by atoms with E-state index in [1.54, 1.807) is 0 Å². The van der Waals surface area contributed by atoms with E-state index < -0.39 is 30.7 Å². The Balaban J connectivity index is 2.91. The summed E-state index contributed by atoms with van der Waals surface area (Å²) in [6.45, 7) is -0.503. The van der Waals surface area contributed by atoms with Gasteiger partial charge in [0.15, 0.2) is 5.78 Å². The van der Waals surface area contributed by atoms with Gasteiger partial charge in [-0.1, -0.05) is 0 Å². The van der Waals surface area contributed by atoms with Gasteiger partial charge in [0.1, 0.15) is 18.3 Å². The molecule has 12 heavy (non-hydrogen) atoms. The van der Waals surface area contributed by atoms with Gasteiger partial charge in [0, 0.05) is 0 Å². The van der Waals surface area contributed by atoms with E-state index in [1.165, 1.54) is 0 Å². The van der Waals surface area contributed by atoms with Gasteiger partial charge in [-0.05, 0) is 11.6 Å². The minimum Gasteiger partial charge on any atom is -0.392 e. The zero-order valence-corrected chi connectivity index (χ0v) is 6.21. The largest absolute Gasteiger partial charge is 0.392 e. The van der Waals surface area contributed by atoms with Gasteiger partial charge in [-0.2, -0.15) is 0 Å². The van der Waals surface area contributed by atoms with Crippen molar-refractivity contribution < 1.29 is 25.2 Å². The van der Waals surface area contributed by atoms with Gasteiger partial charge in [-0.15, -0.1) is 0 Å². The Bertz CT molecular complexity index is 222. The standard InChI is InChI=1S/C7H10O5/c8-2-3-1-4(9)6(11)7(12)5(3)10/h1,5-8,10-12H,2H2. The Morgan fingerprint density at radius 3 is 2.33 bits per heavy atom. The first-order chi connectivity index (χ1) is 5.57. The second-order valence-electron chi connectivity index (χ2n) is 2.66. The summed E-state index contributed by atoms with van der Waals surface area (Å²) in [5.74, 6) is -0.697. The van der Waals surface area contributed by atoms with Crippen LogP contribution in [0.1, 0.15) is 0 Å². The summed E-state index contributed by atoms with van der Waals surface area (Å²) in [5, 5.41) is 35.7. The van der Waals surface area contributed by atoms with Gasteiger partial charge in [-0.3, -0.25) is 4.79 Å². The fraction of sp³-hybridized carbons (Fsp3) is 0.571. The highest BCUT2D eigenvalue weighted by Crippen LogP contribution is 2.16. The number of aliphatic hydroxyl groups is 4. The maximum atomic E-state index is 10.8. The van der Waals surface area contributed by atoms with Crippen LogP contribution < -0.4 is 0 Å². The molecule has 1 aliphatic carbocycles. The molecule has 1 aliphatic rings.